The first-order valence-corrected chi connectivity index (χ1v) is 6.81. The van der Waals surface area contributed by atoms with Gasteiger partial charge in [0.25, 0.3) is 0 Å². The Bertz CT molecular complexity index is 337. The predicted octanol–water partition coefficient (Wildman–Crippen LogP) is 0.276. The number of carbonyl (C=O) groups excluding carboxylic acids is 2. The zero-order valence-corrected chi connectivity index (χ0v) is 10.9. The largest absolute Gasteiger partial charge is 0.394 e. The van der Waals surface area contributed by atoms with Crippen molar-refractivity contribution in [2.24, 2.45) is 5.92 Å². The van der Waals surface area contributed by atoms with E-state index in [4.69, 9.17) is 0 Å². The van der Waals surface area contributed by atoms with Crippen molar-refractivity contribution >= 4 is 11.8 Å². The van der Waals surface area contributed by atoms with Gasteiger partial charge >= 0.3 is 0 Å². The minimum Gasteiger partial charge on any atom is -0.394 e. The summed E-state index contributed by atoms with van der Waals surface area (Å²) in [6.07, 6.45) is 4.08. The molecule has 2 amide bonds. The molecule has 1 aliphatic carbocycles. The molecule has 1 unspecified atom stereocenters. The quantitative estimate of drug-likeness (QED) is 0.757. The van der Waals surface area contributed by atoms with Crippen molar-refractivity contribution < 1.29 is 14.7 Å². The number of nitrogens with zero attached hydrogens (tertiary/aromatic N) is 1. The third kappa shape index (κ3) is 2.51. The third-order valence-corrected chi connectivity index (χ3v) is 4.22. The zero-order valence-electron chi connectivity index (χ0n) is 10.9. The number of amides is 2. The molecule has 1 saturated carbocycles. The minimum atomic E-state index is -0.431. The fraction of sp³-hybridized carbons (Fsp3) is 0.846. The van der Waals surface area contributed by atoms with E-state index >= 15 is 0 Å². The highest BCUT2D eigenvalue weighted by molar-refractivity contribution is 5.89. The molecule has 2 aliphatic rings. The summed E-state index contributed by atoms with van der Waals surface area (Å²) >= 11 is 0. The van der Waals surface area contributed by atoms with Crippen LogP contribution >= 0.6 is 0 Å². The van der Waals surface area contributed by atoms with E-state index in [9.17, 15) is 14.7 Å². The summed E-state index contributed by atoms with van der Waals surface area (Å²) in [7, 11) is 0. The van der Waals surface area contributed by atoms with Crippen LogP contribution in [-0.2, 0) is 9.59 Å². The maximum Gasteiger partial charge on any atom is 0.225 e. The minimum absolute atomic E-state index is 0.00308. The van der Waals surface area contributed by atoms with Gasteiger partial charge in [-0.2, -0.15) is 0 Å². The van der Waals surface area contributed by atoms with Crippen LogP contribution in [0.5, 0.6) is 0 Å². The predicted molar refractivity (Wildman–Crippen MR) is 66.8 cm³/mol. The molecule has 2 rings (SSSR count). The van der Waals surface area contributed by atoms with Crippen LogP contribution in [0.3, 0.4) is 0 Å². The molecule has 0 aromatic rings. The maximum atomic E-state index is 12.2. The van der Waals surface area contributed by atoms with Gasteiger partial charge in [0.2, 0.25) is 11.8 Å². The van der Waals surface area contributed by atoms with Crippen LogP contribution in [0.25, 0.3) is 0 Å². The van der Waals surface area contributed by atoms with Gasteiger partial charge in [-0.05, 0) is 19.8 Å². The lowest BCUT2D eigenvalue weighted by Gasteiger charge is -2.29. The standard InChI is InChI=1S/C13H22N2O3/c1-2-15-8-10(7-11(15)17)12(18)14-13(9-16)5-3-4-6-13/h10,16H,2-9H2,1H3,(H,14,18). The maximum absolute atomic E-state index is 12.2. The smallest absolute Gasteiger partial charge is 0.225 e. The van der Waals surface area contributed by atoms with E-state index in [-0.39, 0.29) is 24.3 Å². The summed E-state index contributed by atoms with van der Waals surface area (Å²) in [6, 6.07) is 0. The van der Waals surface area contributed by atoms with Gasteiger partial charge in [0.15, 0.2) is 0 Å². The molecule has 18 heavy (non-hydrogen) atoms. The summed E-state index contributed by atoms with van der Waals surface area (Å²) in [5.41, 5.74) is -0.431. The molecule has 5 heteroatoms. The summed E-state index contributed by atoms with van der Waals surface area (Å²) < 4.78 is 0. The summed E-state index contributed by atoms with van der Waals surface area (Å²) in [5.74, 6) is -0.265. The number of rotatable bonds is 4. The molecule has 0 bridgehead atoms. The van der Waals surface area contributed by atoms with Gasteiger partial charge in [-0.25, -0.2) is 0 Å². The first-order chi connectivity index (χ1) is 8.60. The second-order valence-corrected chi connectivity index (χ2v) is 5.47. The second kappa shape index (κ2) is 5.26. The summed E-state index contributed by atoms with van der Waals surface area (Å²) in [6.45, 7) is 3.09. The zero-order chi connectivity index (χ0) is 13.2. The summed E-state index contributed by atoms with van der Waals surface area (Å²) in [4.78, 5) is 25.5. The Balaban J connectivity index is 1.94. The highest BCUT2D eigenvalue weighted by Crippen LogP contribution is 2.30. The molecule has 1 heterocycles. The van der Waals surface area contributed by atoms with E-state index in [0.717, 1.165) is 25.7 Å². The van der Waals surface area contributed by atoms with Crippen molar-refractivity contribution in [3.05, 3.63) is 0 Å². The Labute approximate surface area is 108 Å². The molecule has 5 nitrogen and oxygen atoms in total. The van der Waals surface area contributed by atoms with Crippen molar-refractivity contribution in [2.75, 3.05) is 19.7 Å². The molecule has 2 N–H and O–H groups in total. The average Bonchev–Trinajstić information content (AvgIpc) is 2.96. The number of likely N-dealkylation sites (tertiary alicyclic amines) is 1. The van der Waals surface area contributed by atoms with Gasteiger partial charge in [0.1, 0.15) is 0 Å². The fourth-order valence-electron chi connectivity index (χ4n) is 2.99. The van der Waals surface area contributed by atoms with Crippen molar-refractivity contribution in [2.45, 2.75) is 44.6 Å². The van der Waals surface area contributed by atoms with E-state index in [1.165, 1.54) is 0 Å². The van der Waals surface area contributed by atoms with Crippen LogP contribution in [-0.4, -0.2) is 47.1 Å². The molecule has 0 radical (unpaired) electrons. The molecular formula is C13H22N2O3. The highest BCUT2D eigenvalue weighted by atomic mass is 16.3. The van der Waals surface area contributed by atoms with Crippen molar-refractivity contribution in [1.29, 1.82) is 0 Å². The molecule has 1 saturated heterocycles. The number of aliphatic hydroxyl groups excluding tert-OH is 1. The Hall–Kier alpha value is -1.10. The lowest BCUT2D eigenvalue weighted by atomic mass is 9.97. The second-order valence-electron chi connectivity index (χ2n) is 5.47. The molecule has 0 aromatic heterocycles. The molecular weight excluding hydrogens is 232 g/mol. The van der Waals surface area contributed by atoms with E-state index < -0.39 is 5.54 Å². The SMILES string of the molecule is CCN1CC(C(=O)NC2(CO)CCCC2)CC1=O. The number of hydrogen-bond donors (Lipinski definition) is 2. The van der Waals surface area contributed by atoms with Gasteiger partial charge < -0.3 is 15.3 Å². The van der Waals surface area contributed by atoms with Crippen LogP contribution in [0, 0.1) is 5.92 Å². The molecule has 0 aromatic carbocycles. The molecule has 0 spiro atoms. The molecule has 102 valence electrons. The number of hydrogen-bond acceptors (Lipinski definition) is 3. The van der Waals surface area contributed by atoms with Crippen LogP contribution in [0.1, 0.15) is 39.0 Å². The van der Waals surface area contributed by atoms with Crippen molar-refractivity contribution in [1.82, 2.24) is 10.2 Å². The number of nitrogens with one attached hydrogen (secondary N) is 1. The average molecular weight is 254 g/mol. The Morgan fingerprint density at radius 2 is 2.17 bits per heavy atom. The lowest BCUT2D eigenvalue weighted by molar-refractivity contribution is -0.129. The van der Waals surface area contributed by atoms with Crippen LogP contribution in [0.15, 0.2) is 0 Å². The van der Waals surface area contributed by atoms with E-state index in [2.05, 4.69) is 5.32 Å². The third-order valence-electron chi connectivity index (χ3n) is 4.22. The Kier molecular flexibility index (Phi) is 3.90. The van der Waals surface area contributed by atoms with Crippen LogP contribution < -0.4 is 5.32 Å². The first-order valence-electron chi connectivity index (χ1n) is 6.81. The van der Waals surface area contributed by atoms with Gasteiger partial charge in [-0.3, -0.25) is 9.59 Å². The van der Waals surface area contributed by atoms with Crippen molar-refractivity contribution in [3.63, 3.8) is 0 Å². The molecule has 2 fully saturated rings. The van der Waals surface area contributed by atoms with Crippen molar-refractivity contribution in [3.8, 4) is 0 Å². The highest BCUT2D eigenvalue weighted by Gasteiger charge is 2.39. The molecule has 1 aliphatic heterocycles. The van der Waals surface area contributed by atoms with E-state index in [1.54, 1.807) is 4.90 Å². The van der Waals surface area contributed by atoms with Gasteiger partial charge in [-0.15, -0.1) is 0 Å². The number of carbonyl (C=O) groups is 2. The monoisotopic (exact) mass is 254 g/mol. The topological polar surface area (TPSA) is 69.6 Å². The van der Waals surface area contributed by atoms with Gasteiger partial charge in [0, 0.05) is 19.5 Å². The Morgan fingerprint density at radius 3 is 2.67 bits per heavy atom. The first kappa shape index (κ1) is 13.3. The van der Waals surface area contributed by atoms with Crippen LogP contribution in [0.4, 0.5) is 0 Å². The fourth-order valence-corrected chi connectivity index (χ4v) is 2.99. The van der Waals surface area contributed by atoms with E-state index in [0.29, 0.717) is 19.5 Å². The normalized spacial score (nSPS) is 26.7. The number of aliphatic hydroxyl groups is 1. The van der Waals surface area contributed by atoms with Gasteiger partial charge in [0.05, 0.1) is 18.1 Å². The van der Waals surface area contributed by atoms with E-state index in [1.807, 2.05) is 6.92 Å². The lowest BCUT2D eigenvalue weighted by Crippen LogP contribution is -2.51. The van der Waals surface area contributed by atoms with Gasteiger partial charge in [-0.1, -0.05) is 12.8 Å². The Morgan fingerprint density at radius 1 is 1.50 bits per heavy atom. The van der Waals surface area contributed by atoms with Crippen LogP contribution in [0.2, 0.25) is 0 Å². The summed E-state index contributed by atoms with van der Waals surface area (Å²) in [5, 5.41) is 12.4. The molecule has 1 atom stereocenters.